The lowest BCUT2D eigenvalue weighted by atomic mass is 10.0. The van der Waals surface area contributed by atoms with Gasteiger partial charge in [0.15, 0.2) is 5.78 Å². The smallest absolute Gasteiger partial charge is 0.355 e. The number of hydrogen-bond acceptors (Lipinski definition) is 3. The van der Waals surface area contributed by atoms with Gasteiger partial charge in [-0.1, -0.05) is 64.7 Å². The standard InChI is InChI=1S/C21H35NO3/c1-4-5-6-7-8-9-10-11-12-13-14-20(23)18-15-19(22-16-18)21(24)25-17(2)3/h15-17,22H,4-14H2,1-3H3. The quantitative estimate of drug-likeness (QED) is 0.252. The number of nitrogens with one attached hydrogen (secondary N) is 1. The van der Waals surface area contributed by atoms with Crippen molar-refractivity contribution in [2.24, 2.45) is 0 Å². The molecule has 1 aromatic rings. The molecule has 1 rings (SSSR count). The van der Waals surface area contributed by atoms with Gasteiger partial charge in [0.1, 0.15) is 5.69 Å². The van der Waals surface area contributed by atoms with Crippen molar-refractivity contribution in [3.05, 3.63) is 23.5 Å². The van der Waals surface area contributed by atoms with E-state index in [-0.39, 0.29) is 11.9 Å². The third-order valence-electron chi connectivity index (χ3n) is 4.33. The maximum atomic E-state index is 12.2. The SMILES string of the molecule is CCCCCCCCCCCCC(=O)c1c[nH]c(C(=O)OC(C)C)c1. The van der Waals surface area contributed by atoms with Gasteiger partial charge in [0, 0.05) is 18.2 Å². The molecule has 4 heteroatoms. The number of ketones is 1. The minimum absolute atomic E-state index is 0.0967. The highest BCUT2D eigenvalue weighted by Gasteiger charge is 2.14. The first-order valence-corrected chi connectivity index (χ1v) is 9.97. The van der Waals surface area contributed by atoms with Gasteiger partial charge in [0.05, 0.1) is 6.10 Å². The number of ether oxygens (including phenoxy) is 1. The molecule has 142 valence electrons. The number of carbonyl (C=O) groups excluding carboxylic acids is 2. The number of aromatic nitrogens is 1. The van der Waals surface area contributed by atoms with Crippen LogP contribution in [0.1, 0.15) is 112 Å². The Balaban J connectivity index is 2.12. The second-order valence-corrected chi connectivity index (χ2v) is 7.11. The predicted molar refractivity (Wildman–Crippen MR) is 102 cm³/mol. The number of carbonyl (C=O) groups is 2. The van der Waals surface area contributed by atoms with Crippen molar-refractivity contribution in [3.8, 4) is 0 Å². The number of aromatic amines is 1. The summed E-state index contributed by atoms with van der Waals surface area (Å²) < 4.78 is 5.11. The first-order chi connectivity index (χ1) is 12.0. The molecule has 1 heterocycles. The molecule has 0 aliphatic heterocycles. The van der Waals surface area contributed by atoms with Gasteiger partial charge >= 0.3 is 5.97 Å². The van der Waals surface area contributed by atoms with E-state index in [2.05, 4.69) is 11.9 Å². The Kier molecular flexibility index (Phi) is 10.9. The molecule has 25 heavy (non-hydrogen) atoms. The maximum absolute atomic E-state index is 12.2. The average Bonchev–Trinajstić information content (AvgIpc) is 3.06. The summed E-state index contributed by atoms with van der Waals surface area (Å²) in [7, 11) is 0. The van der Waals surface area contributed by atoms with E-state index in [0.29, 0.717) is 17.7 Å². The van der Waals surface area contributed by atoms with Crippen molar-refractivity contribution in [1.29, 1.82) is 0 Å². The van der Waals surface area contributed by atoms with Crippen LogP contribution in [0.15, 0.2) is 12.3 Å². The van der Waals surface area contributed by atoms with E-state index >= 15 is 0 Å². The Bertz CT molecular complexity index is 505. The molecule has 1 N–H and O–H groups in total. The molecule has 0 unspecified atom stereocenters. The summed E-state index contributed by atoms with van der Waals surface area (Å²) in [4.78, 5) is 26.8. The van der Waals surface area contributed by atoms with E-state index in [4.69, 9.17) is 4.74 Å². The Morgan fingerprint density at radius 1 is 0.960 bits per heavy atom. The fraction of sp³-hybridized carbons (Fsp3) is 0.714. The monoisotopic (exact) mass is 349 g/mol. The number of esters is 1. The molecule has 0 radical (unpaired) electrons. The third-order valence-corrected chi connectivity index (χ3v) is 4.33. The molecular formula is C21H35NO3. The van der Waals surface area contributed by atoms with E-state index in [1.807, 2.05) is 0 Å². The minimum atomic E-state index is -0.409. The molecule has 0 bridgehead atoms. The summed E-state index contributed by atoms with van der Waals surface area (Å²) in [6.07, 6.45) is 14.6. The number of rotatable bonds is 14. The molecule has 0 aliphatic carbocycles. The van der Waals surface area contributed by atoms with E-state index in [1.54, 1.807) is 26.1 Å². The van der Waals surface area contributed by atoms with Crippen molar-refractivity contribution in [2.75, 3.05) is 0 Å². The van der Waals surface area contributed by atoms with E-state index in [1.165, 1.54) is 51.4 Å². The fourth-order valence-electron chi connectivity index (χ4n) is 2.87. The number of hydrogen-bond donors (Lipinski definition) is 1. The fourth-order valence-corrected chi connectivity index (χ4v) is 2.87. The van der Waals surface area contributed by atoms with Crippen molar-refractivity contribution >= 4 is 11.8 Å². The molecule has 0 aliphatic rings. The molecule has 4 nitrogen and oxygen atoms in total. The minimum Gasteiger partial charge on any atom is -0.458 e. The number of unbranched alkanes of at least 4 members (excludes halogenated alkanes) is 9. The summed E-state index contributed by atoms with van der Waals surface area (Å²) in [6, 6.07) is 1.60. The molecule has 0 spiro atoms. The van der Waals surface area contributed by atoms with Gasteiger partial charge in [0.2, 0.25) is 0 Å². The highest BCUT2D eigenvalue weighted by Crippen LogP contribution is 2.14. The van der Waals surface area contributed by atoms with Crippen LogP contribution in [0.2, 0.25) is 0 Å². The highest BCUT2D eigenvalue weighted by molar-refractivity contribution is 5.98. The summed E-state index contributed by atoms with van der Waals surface area (Å²) in [5.74, 6) is -0.313. The Hall–Kier alpha value is -1.58. The van der Waals surface area contributed by atoms with E-state index in [9.17, 15) is 9.59 Å². The zero-order chi connectivity index (χ0) is 18.5. The Labute approximate surface area is 152 Å². The van der Waals surface area contributed by atoms with Crippen molar-refractivity contribution in [3.63, 3.8) is 0 Å². The summed E-state index contributed by atoms with van der Waals surface area (Å²) in [5, 5.41) is 0. The third kappa shape index (κ3) is 9.47. The van der Waals surface area contributed by atoms with Crippen LogP contribution >= 0.6 is 0 Å². The maximum Gasteiger partial charge on any atom is 0.355 e. The van der Waals surface area contributed by atoms with Gasteiger partial charge in [0.25, 0.3) is 0 Å². The zero-order valence-corrected chi connectivity index (χ0v) is 16.2. The highest BCUT2D eigenvalue weighted by atomic mass is 16.5. The summed E-state index contributed by atoms with van der Waals surface area (Å²) in [6.45, 7) is 5.85. The molecular weight excluding hydrogens is 314 g/mol. The number of H-pyrrole nitrogens is 1. The van der Waals surface area contributed by atoms with Gasteiger partial charge in [-0.05, 0) is 26.3 Å². The van der Waals surface area contributed by atoms with Gasteiger partial charge in [-0.15, -0.1) is 0 Å². The molecule has 1 aromatic heterocycles. The van der Waals surface area contributed by atoms with Crippen LogP contribution in [-0.4, -0.2) is 22.8 Å². The van der Waals surface area contributed by atoms with Crippen molar-refractivity contribution in [2.45, 2.75) is 97.5 Å². The van der Waals surface area contributed by atoms with Gasteiger partial charge in [-0.25, -0.2) is 4.79 Å². The molecule has 0 fully saturated rings. The van der Waals surface area contributed by atoms with Crippen LogP contribution in [0.25, 0.3) is 0 Å². The van der Waals surface area contributed by atoms with Crippen LogP contribution < -0.4 is 0 Å². The first-order valence-electron chi connectivity index (χ1n) is 9.97. The largest absolute Gasteiger partial charge is 0.458 e. The normalized spacial score (nSPS) is 11.0. The molecule has 0 saturated heterocycles. The van der Waals surface area contributed by atoms with Crippen molar-refractivity contribution in [1.82, 2.24) is 4.98 Å². The number of Topliss-reactive ketones (excluding diaryl/α,β-unsaturated/α-hetero) is 1. The second-order valence-electron chi connectivity index (χ2n) is 7.11. The molecule has 0 amide bonds. The molecule has 0 aromatic carbocycles. The van der Waals surface area contributed by atoms with Crippen LogP contribution in [0.3, 0.4) is 0 Å². The van der Waals surface area contributed by atoms with Crippen LogP contribution in [0, 0.1) is 0 Å². The summed E-state index contributed by atoms with van der Waals surface area (Å²) in [5.41, 5.74) is 0.923. The average molecular weight is 350 g/mol. The first kappa shape index (κ1) is 21.5. The lowest BCUT2D eigenvalue weighted by molar-refractivity contribution is 0.0371. The lowest BCUT2D eigenvalue weighted by Crippen LogP contribution is -2.11. The van der Waals surface area contributed by atoms with Crippen molar-refractivity contribution < 1.29 is 14.3 Å². The van der Waals surface area contributed by atoms with Crippen LogP contribution in [-0.2, 0) is 4.74 Å². The lowest BCUT2D eigenvalue weighted by Gasteiger charge is -2.05. The zero-order valence-electron chi connectivity index (χ0n) is 16.2. The Morgan fingerprint density at radius 3 is 2.08 bits per heavy atom. The topological polar surface area (TPSA) is 59.2 Å². The van der Waals surface area contributed by atoms with Gasteiger partial charge in [-0.3, -0.25) is 4.79 Å². The van der Waals surface area contributed by atoms with E-state index in [0.717, 1.165) is 12.8 Å². The Morgan fingerprint density at radius 2 is 1.52 bits per heavy atom. The van der Waals surface area contributed by atoms with Crippen LogP contribution in [0.4, 0.5) is 0 Å². The molecule has 0 saturated carbocycles. The van der Waals surface area contributed by atoms with Crippen LogP contribution in [0.5, 0.6) is 0 Å². The molecule has 0 atom stereocenters. The van der Waals surface area contributed by atoms with Gasteiger partial charge < -0.3 is 9.72 Å². The van der Waals surface area contributed by atoms with Gasteiger partial charge in [-0.2, -0.15) is 0 Å². The van der Waals surface area contributed by atoms with E-state index < -0.39 is 5.97 Å². The predicted octanol–water partition coefficient (Wildman–Crippen LogP) is 6.07. The summed E-state index contributed by atoms with van der Waals surface area (Å²) >= 11 is 0. The second kappa shape index (κ2) is 12.7.